The number of thiophene rings is 1. The zero-order valence-corrected chi connectivity index (χ0v) is 13.0. The van der Waals surface area contributed by atoms with Crippen LogP contribution in [0, 0.1) is 0 Å². The number of hydrogen-bond acceptors (Lipinski definition) is 2. The van der Waals surface area contributed by atoms with Crippen molar-refractivity contribution in [3.05, 3.63) is 57.8 Å². The van der Waals surface area contributed by atoms with E-state index in [1.807, 2.05) is 0 Å². The summed E-state index contributed by atoms with van der Waals surface area (Å²) in [7, 11) is 0. The van der Waals surface area contributed by atoms with Gasteiger partial charge in [0, 0.05) is 6.04 Å². The third kappa shape index (κ3) is 3.13. The molecular formula is C18H23NS. The third-order valence-electron chi connectivity index (χ3n) is 4.36. The normalized spacial score (nSPS) is 16.9. The van der Waals surface area contributed by atoms with Crippen LogP contribution in [0.15, 0.2) is 41.1 Å². The number of benzene rings is 1. The fraction of sp³-hybridized carbons (Fsp3) is 0.444. The van der Waals surface area contributed by atoms with Crippen LogP contribution in [0.3, 0.4) is 0 Å². The highest BCUT2D eigenvalue weighted by molar-refractivity contribution is 7.07. The van der Waals surface area contributed by atoms with E-state index in [9.17, 15) is 0 Å². The van der Waals surface area contributed by atoms with E-state index in [2.05, 4.69) is 53.3 Å². The standard InChI is InChI=1S/C18H23NS/c1-2-19-18(11-14-9-10-20-13-14)17-8-4-7-16(12-17)15-5-3-6-15/h4,7-10,12-13,15,18-19H,2-3,5-6,11H2,1H3. The Morgan fingerprint density at radius 2 is 2.20 bits per heavy atom. The first-order valence-corrected chi connectivity index (χ1v) is 8.65. The minimum atomic E-state index is 0.439. The second-order valence-electron chi connectivity index (χ2n) is 5.74. The van der Waals surface area contributed by atoms with Crippen molar-refractivity contribution in [2.24, 2.45) is 0 Å². The molecule has 1 aliphatic rings. The Bertz CT molecular complexity index is 528. The molecule has 1 unspecified atom stereocenters. The van der Waals surface area contributed by atoms with Gasteiger partial charge in [-0.25, -0.2) is 0 Å². The Morgan fingerprint density at radius 3 is 2.85 bits per heavy atom. The van der Waals surface area contributed by atoms with E-state index in [1.165, 1.54) is 30.4 Å². The zero-order chi connectivity index (χ0) is 13.8. The highest BCUT2D eigenvalue weighted by atomic mass is 32.1. The van der Waals surface area contributed by atoms with Crippen LogP contribution in [0.4, 0.5) is 0 Å². The van der Waals surface area contributed by atoms with Crippen LogP contribution >= 0.6 is 11.3 Å². The minimum Gasteiger partial charge on any atom is -0.310 e. The van der Waals surface area contributed by atoms with Crippen molar-refractivity contribution < 1.29 is 0 Å². The molecule has 0 saturated heterocycles. The number of hydrogen-bond donors (Lipinski definition) is 1. The van der Waals surface area contributed by atoms with Crippen LogP contribution in [-0.4, -0.2) is 6.54 Å². The van der Waals surface area contributed by atoms with Crippen molar-refractivity contribution in [3.8, 4) is 0 Å². The quantitative estimate of drug-likeness (QED) is 0.795. The van der Waals surface area contributed by atoms with Crippen LogP contribution in [0.2, 0.25) is 0 Å². The van der Waals surface area contributed by atoms with E-state index >= 15 is 0 Å². The van der Waals surface area contributed by atoms with E-state index in [1.54, 1.807) is 16.9 Å². The molecule has 1 saturated carbocycles. The summed E-state index contributed by atoms with van der Waals surface area (Å²) >= 11 is 1.79. The maximum atomic E-state index is 3.64. The Hall–Kier alpha value is -1.12. The van der Waals surface area contributed by atoms with E-state index in [0.717, 1.165) is 18.9 Å². The van der Waals surface area contributed by atoms with Crippen molar-refractivity contribution in [3.63, 3.8) is 0 Å². The van der Waals surface area contributed by atoms with E-state index in [-0.39, 0.29) is 0 Å². The molecule has 1 aromatic heterocycles. The first-order chi connectivity index (χ1) is 9.86. The van der Waals surface area contributed by atoms with Crippen LogP contribution in [0.1, 0.15) is 54.8 Å². The molecule has 2 heteroatoms. The van der Waals surface area contributed by atoms with Crippen molar-refractivity contribution >= 4 is 11.3 Å². The first-order valence-electron chi connectivity index (χ1n) is 7.71. The fourth-order valence-electron chi connectivity index (χ4n) is 2.97. The number of rotatable bonds is 6. The lowest BCUT2D eigenvalue weighted by Crippen LogP contribution is -2.23. The summed E-state index contributed by atoms with van der Waals surface area (Å²) in [6.45, 7) is 3.21. The van der Waals surface area contributed by atoms with Gasteiger partial charge in [0.05, 0.1) is 0 Å². The topological polar surface area (TPSA) is 12.0 Å². The lowest BCUT2D eigenvalue weighted by atomic mass is 9.79. The van der Waals surface area contributed by atoms with Gasteiger partial charge in [-0.05, 0) is 65.2 Å². The lowest BCUT2D eigenvalue weighted by Gasteiger charge is -2.27. The van der Waals surface area contributed by atoms with Crippen LogP contribution < -0.4 is 5.32 Å². The van der Waals surface area contributed by atoms with Crippen LogP contribution in [-0.2, 0) is 6.42 Å². The molecule has 0 aliphatic heterocycles. The molecule has 20 heavy (non-hydrogen) atoms. The molecule has 106 valence electrons. The van der Waals surface area contributed by atoms with E-state index < -0.39 is 0 Å². The Labute approximate surface area is 126 Å². The summed E-state index contributed by atoms with van der Waals surface area (Å²) in [5.41, 5.74) is 4.43. The summed E-state index contributed by atoms with van der Waals surface area (Å²) in [4.78, 5) is 0. The van der Waals surface area contributed by atoms with Crippen molar-refractivity contribution in [1.82, 2.24) is 5.32 Å². The maximum Gasteiger partial charge on any atom is 0.0361 e. The van der Waals surface area contributed by atoms with Crippen molar-refractivity contribution in [2.75, 3.05) is 6.54 Å². The van der Waals surface area contributed by atoms with Gasteiger partial charge in [-0.1, -0.05) is 37.6 Å². The Balaban J connectivity index is 1.79. The average Bonchev–Trinajstić information content (AvgIpc) is 2.90. The number of likely N-dealkylation sites (N-methyl/N-ethyl adjacent to an activating group) is 1. The van der Waals surface area contributed by atoms with Gasteiger partial charge in [-0.15, -0.1) is 0 Å². The molecule has 0 amide bonds. The molecule has 1 heterocycles. The molecule has 2 aromatic rings. The monoisotopic (exact) mass is 285 g/mol. The van der Waals surface area contributed by atoms with Crippen molar-refractivity contribution in [2.45, 2.75) is 44.6 Å². The van der Waals surface area contributed by atoms with Gasteiger partial charge in [0.2, 0.25) is 0 Å². The molecular weight excluding hydrogens is 262 g/mol. The lowest BCUT2D eigenvalue weighted by molar-refractivity contribution is 0.419. The van der Waals surface area contributed by atoms with Crippen molar-refractivity contribution in [1.29, 1.82) is 0 Å². The van der Waals surface area contributed by atoms with Gasteiger partial charge in [-0.3, -0.25) is 0 Å². The molecule has 0 spiro atoms. The molecule has 1 aromatic carbocycles. The average molecular weight is 285 g/mol. The number of nitrogens with one attached hydrogen (secondary N) is 1. The summed E-state index contributed by atoms with van der Waals surface area (Å²) in [5.74, 6) is 0.818. The van der Waals surface area contributed by atoms with Crippen LogP contribution in [0.25, 0.3) is 0 Å². The largest absolute Gasteiger partial charge is 0.310 e. The van der Waals surface area contributed by atoms with Gasteiger partial charge in [0.25, 0.3) is 0 Å². The molecule has 1 nitrogen and oxygen atoms in total. The van der Waals surface area contributed by atoms with Gasteiger partial charge in [-0.2, -0.15) is 11.3 Å². The zero-order valence-electron chi connectivity index (χ0n) is 12.1. The smallest absolute Gasteiger partial charge is 0.0361 e. The highest BCUT2D eigenvalue weighted by Crippen LogP contribution is 2.37. The van der Waals surface area contributed by atoms with Gasteiger partial charge in [0.1, 0.15) is 0 Å². The van der Waals surface area contributed by atoms with Gasteiger partial charge < -0.3 is 5.32 Å². The molecule has 0 radical (unpaired) electrons. The molecule has 0 bridgehead atoms. The second kappa shape index (κ2) is 6.55. The minimum absolute atomic E-state index is 0.439. The molecule has 1 fully saturated rings. The third-order valence-corrected chi connectivity index (χ3v) is 5.09. The van der Waals surface area contributed by atoms with Crippen LogP contribution in [0.5, 0.6) is 0 Å². The fourth-order valence-corrected chi connectivity index (χ4v) is 3.65. The first kappa shape index (κ1) is 13.8. The predicted octanol–water partition coefficient (Wildman–Crippen LogP) is 4.91. The maximum absolute atomic E-state index is 3.64. The van der Waals surface area contributed by atoms with E-state index in [0.29, 0.717) is 6.04 Å². The highest BCUT2D eigenvalue weighted by Gasteiger charge is 2.20. The van der Waals surface area contributed by atoms with E-state index in [4.69, 9.17) is 0 Å². The summed E-state index contributed by atoms with van der Waals surface area (Å²) in [6, 6.07) is 11.9. The SMILES string of the molecule is CCNC(Cc1ccsc1)c1cccc(C2CCC2)c1. The summed E-state index contributed by atoms with van der Waals surface area (Å²) in [6.07, 6.45) is 5.24. The Kier molecular flexibility index (Phi) is 4.54. The Morgan fingerprint density at radius 1 is 1.30 bits per heavy atom. The van der Waals surface area contributed by atoms with Gasteiger partial charge >= 0.3 is 0 Å². The van der Waals surface area contributed by atoms with Gasteiger partial charge in [0.15, 0.2) is 0 Å². The summed E-state index contributed by atoms with van der Waals surface area (Å²) in [5, 5.41) is 8.08. The molecule has 1 aliphatic carbocycles. The summed E-state index contributed by atoms with van der Waals surface area (Å²) < 4.78 is 0. The predicted molar refractivity (Wildman–Crippen MR) is 87.5 cm³/mol. The molecule has 3 rings (SSSR count). The molecule has 1 N–H and O–H groups in total. The second-order valence-corrected chi connectivity index (χ2v) is 6.52. The molecule has 1 atom stereocenters.